The molecule has 11 heteroatoms. The molecule has 1 amide bonds. The second-order valence-corrected chi connectivity index (χ2v) is 10.7. The first-order valence-electron chi connectivity index (χ1n) is 11.9. The quantitative estimate of drug-likeness (QED) is 0.307. The van der Waals surface area contributed by atoms with Gasteiger partial charge in [0.25, 0.3) is 15.9 Å². The fourth-order valence-electron chi connectivity index (χ4n) is 3.73. The van der Waals surface area contributed by atoms with Crippen LogP contribution in [0.2, 0.25) is 0 Å². The van der Waals surface area contributed by atoms with Crippen LogP contribution in [0.5, 0.6) is 17.4 Å². The molecule has 39 heavy (non-hydrogen) atoms. The number of nitrogens with one attached hydrogen (secondary N) is 1. The average Bonchev–Trinajstić information content (AvgIpc) is 2.84. The Kier molecular flexibility index (Phi) is 7.82. The largest absolute Gasteiger partial charge is 0.491 e. The van der Waals surface area contributed by atoms with Gasteiger partial charge in [0, 0.05) is 11.6 Å². The highest BCUT2D eigenvalue weighted by molar-refractivity contribution is 7.90. The van der Waals surface area contributed by atoms with Crippen LogP contribution in [-0.4, -0.2) is 30.4 Å². The number of carbonyl (C=O) groups excluding carboxylic acids is 1. The summed E-state index contributed by atoms with van der Waals surface area (Å²) in [6.45, 7) is 7.38. The lowest BCUT2D eigenvalue weighted by atomic mass is 10.1. The number of hydrogen-bond donors (Lipinski definition) is 2. The average molecular weight is 551 g/mol. The van der Waals surface area contributed by atoms with Crippen LogP contribution in [0.4, 0.5) is 10.2 Å². The van der Waals surface area contributed by atoms with Gasteiger partial charge in [0.05, 0.1) is 11.8 Å². The van der Waals surface area contributed by atoms with E-state index in [-0.39, 0.29) is 29.1 Å². The van der Waals surface area contributed by atoms with Crippen molar-refractivity contribution < 1.29 is 27.1 Å². The van der Waals surface area contributed by atoms with Gasteiger partial charge >= 0.3 is 0 Å². The number of rotatable bonds is 8. The van der Waals surface area contributed by atoms with Crippen molar-refractivity contribution in [3.63, 3.8) is 0 Å². The van der Waals surface area contributed by atoms with Crippen LogP contribution in [0.1, 0.15) is 35.3 Å². The molecule has 0 saturated carbocycles. The second-order valence-electron chi connectivity index (χ2n) is 9.10. The number of hydrogen-bond acceptors (Lipinski definition) is 8. The molecule has 2 aromatic carbocycles. The third-order valence-corrected chi connectivity index (χ3v) is 6.66. The molecule has 0 bridgehead atoms. The summed E-state index contributed by atoms with van der Waals surface area (Å²) in [5.74, 6) is -1.02. The Balaban J connectivity index is 1.77. The standard InChI is InChI=1S/C28H27FN4O5S/c1-16(2)37-21-14-19(13-20(29)15-21)23-10-9-22(28(31-23)38-24-11-8-17(3)12-18(24)4)27(34)33-39(35,36)26-7-5-6-25(30)32-26/h5-16H,1-4H3,(H2,30,32)(H,33,34). The highest BCUT2D eigenvalue weighted by Crippen LogP contribution is 2.32. The summed E-state index contributed by atoms with van der Waals surface area (Å²) in [6.07, 6.45) is -0.182. The number of aryl methyl sites for hydroxylation is 2. The number of halogens is 1. The number of sulfonamides is 1. The maximum atomic E-state index is 14.4. The van der Waals surface area contributed by atoms with E-state index in [4.69, 9.17) is 15.2 Å². The van der Waals surface area contributed by atoms with Crippen molar-refractivity contribution in [3.8, 4) is 28.6 Å². The van der Waals surface area contributed by atoms with Gasteiger partial charge in [-0.15, -0.1) is 0 Å². The predicted octanol–water partition coefficient (Wildman–Crippen LogP) is 5.18. The van der Waals surface area contributed by atoms with Crippen LogP contribution >= 0.6 is 0 Å². The summed E-state index contributed by atoms with van der Waals surface area (Å²) >= 11 is 0. The molecule has 0 atom stereocenters. The summed E-state index contributed by atoms with van der Waals surface area (Å²) in [7, 11) is -4.36. The van der Waals surface area contributed by atoms with Crippen molar-refractivity contribution in [2.45, 2.75) is 38.8 Å². The highest BCUT2D eigenvalue weighted by Gasteiger charge is 2.24. The lowest BCUT2D eigenvalue weighted by Gasteiger charge is -2.15. The Hall–Kier alpha value is -4.51. The molecule has 0 unspecified atom stereocenters. The topological polar surface area (TPSA) is 134 Å². The number of pyridine rings is 2. The van der Waals surface area contributed by atoms with Crippen LogP contribution in [0.15, 0.2) is 71.8 Å². The summed E-state index contributed by atoms with van der Waals surface area (Å²) in [5.41, 5.74) is 7.85. The number of benzene rings is 2. The Morgan fingerprint density at radius 2 is 1.77 bits per heavy atom. The number of anilines is 1. The first-order valence-corrected chi connectivity index (χ1v) is 13.4. The minimum atomic E-state index is -4.36. The van der Waals surface area contributed by atoms with E-state index in [0.717, 1.165) is 11.1 Å². The maximum absolute atomic E-state index is 14.4. The van der Waals surface area contributed by atoms with Crippen molar-refractivity contribution in [1.82, 2.24) is 14.7 Å². The first-order chi connectivity index (χ1) is 18.4. The molecule has 0 aliphatic heterocycles. The van der Waals surface area contributed by atoms with Crippen LogP contribution in [0, 0.1) is 19.7 Å². The van der Waals surface area contributed by atoms with Crippen molar-refractivity contribution in [3.05, 3.63) is 89.2 Å². The van der Waals surface area contributed by atoms with E-state index in [1.807, 2.05) is 44.5 Å². The molecule has 2 heterocycles. The fraction of sp³-hybridized carbons (Fsp3) is 0.179. The Morgan fingerprint density at radius 1 is 1.00 bits per heavy atom. The summed E-state index contributed by atoms with van der Waals surface area (Å²) < 4.78 is 53.7. The molecule has 202 valence electrons. The van der Waals surface area contributed by atoms with Crippen LogP contribution in [0.25, 0.3) is 11.3 Å². The van der Waals surface area contributed by atoms with Gasteiger partial charge in [-0.25, -0.2) is 19.1 Å². The highest BCUT2D eigenvalue weighted by atomic mass is 32.2. The summed E-state index contributed by atoms with van der Waals surface area (Å²) in [4.78, 5) is 21.4. The van der Waals surface area contributed by atoms with Gasteiger partial charge in [0.1, 0.15) is 28.7 Å². The van der Waals surface area contributed by atoms with E-state index < -0.39 is 26.8 Å². The van der Waals surface area contributed by atoms with Crippen LogP contribution < -0.4 is 19.9 Å². The van der Waals surface area contributed by atoms with E-state index >= 15 is 0 Å². The molecular formula is C28H27FN4O5S. The molecule has 0 aliphatic carbocycles. The van der Waals surface area contributed by atoms with Crippen molar-refractivity contribution in [2.75, 3.05) is 5.73 Å². The Bertz CT molecular complexity index is 1660. The molecule has 3 N–H and O–H groups in total. The number of nitrogens with zero attached hydrogens (tertiary/aromatic N) is 2. The van der Waals surface area contributed by atoms with Gasteiger partial charge in [0.2, 0.25) is 5.88 Å². The SMILES string of the molecule is Cc1ccc(Oc2nc(-c3cc(F)cc(OC(C)C)c3)ccc2C(=O)NS(=O)(=O)c2cccc(N)n2)c(C)c1. The first kappa shape index (κ1) is 27.5. The smallest absolute Gasteiger partial charge is 0.281 e. The molecule has 0 fully saturated rings. The van der Waals surface area contributed by atoms with Crippen molar-refractivity contribution >= 4 is 21.7 Å². The van der Waals surface area contributed by atoms with Crippen molar-refractivity contribution in [1.29, 1.82) is 0 Å². The number of carbonyl (C=O) groups is 1. The fourth-order valence-corrected chi connectivity index (χ4v) is 4.67. The minimum Gasteiger partial charge on any atom is -0.491 e. The molecule has 0 saturated heterocycles. The molecule has 4 rings (SSSR count). The Morgan fingerprint density at radius 3 is 2.46 bits per heavy atom. The number of aromatic nitrogens is 2. The maximum Gasteiger partial charge on any atom is 0.281 e. The molecule has 0 radical (unpaired) electrons. The monoisotopic (exact) mass is 550 g/mol. The van der Waals surface area contributed by atoms with Crippen LogP contribution in [0.3, 0.4) is 0 Å². The zero-order valence-electron chi connectivity index (χ0n) is 21.7. The van der Waals surface area contributed by atoms with Crippen molar-refractivity contribution in [2.24, 2.45) is 0 Å². The van der Waals surface area contributed by atoms with Gasteiger partial charge in [-0.1, -0.05) is 23.8 Å². The van der Waals surface area contributed by atoms with Gasteiger partial charge in [-0.2, -0.15) is 8.42 Å². The molecule has 0 aliphatic rings. The predicted molar refractivity (Wildman–Crippen MR) is 145 cm³/mol. The van der Waals surface area contributed by atoms with Gasteiger partial charge in [-0.05, 0) is 75.7 Å². The normalized spacial score (nSPS) is 11.3. The molecule has 4 aromatic rings. The number of nitrogen functional groups attached to an aromatic ring is 1. The van der Waals surface area contributed by atoms with Gasteiger partial charge in [-0.3, -0.25) is 4.79 Å². The lowest BCUT2D eigenvalue weighted by Crippen LogP contribution is -2.31. The van der Waals surface area contributed by atoms with Gasteiger partial charge < -0.3 is 15.2 Å². The Labute approximate surface area is 225 Å². The van der Waals surface area contributed by atoms with E-state index in [1.165, 1.54) is 42.5 Å². The molecular weight excluding hydrogens is 523 g/mol. The van der Waals surface area contributed by atoms with E-state index in [1.54, 1.807) is 12.1 Å². The molecule has 0 spiro atoms. The second kappa shape index (κ2) is 11.1. The van der Waals surface area contributed by atoms with E-state index in [9.17, 15) is 17.6 Å². The lowest BCUT2D eigenvalue weighted by molar-refractivity contribution is 0.0978. The van der Waals surface area contributed by atoms with E-state index in [2.05, 4.69) is 9.97 Å². The minimum absolute atomic E-state index is 0.0221. The number of amides is 1. The number of nitrogens with two attached hydrogens (primary N) is 1. The third kappa shape index (κ3) is 6.68. The zero-order chi connectivity index (χ0) is 28.3. The number of ether oxygens (including phenoxy) is 2. The summed E-state index contributed by atoms with van der Waals surface area (Å²) in [6, 6.07) is 16.4. The molecule has 2 aromatic heterocycles. The zero-order valence-corrected chi connectivity index (χ0v) is 22.5. The van der Waals surface area contributed by atoms with Crippen LogP contribution in [-0.2, 0) is 10.0 Å². The van der Waals surface area contributed by atoms with E-state index in [0.29, 0.717) is 17.1 Å². The molecule has 9 nitrogen and oxygen atoms in total. The third-order valence-electron chi connectivity index (χ3n) is 5.43. The van der Waals surface area contributed by atoms with Gasteiger partial charge in [0.15, 0.2) is 5.03 Å². The summed E-state index contributed by atoms with van der Waals surface area (Å²) in [5, 5.41) is -0.422.